The molecule has 1 aromatic carbocycles. The van der Waals surface area contributed by atoms with Crippen LogP contribution in [-0.2, 0) is 0 Å². The fourth-order valence-corrected chi connectivity index (χ4v) is 1.52. The molecule has 1 N–H and O–H groups in total. The van der Waals surface area contributed by atoms with Gasteiger partial charge in [0.2, 0.25) is 0 Å². The standard InChI is InChI=1S/C11H10BrN/c12-11-4-2-1-3-10(11)6-5-9-7-13-8-9/h1-4,9,13H,7-8H2. The first-order valence-electron chi connectivity index (χ1n) is 4.33. The van der Waals surface area contributed by atoms with Crippen LogP contribution in [0.5, 0.6) is 0 Å². The summed E-state index contributed by atoms with van der Waals surface area (Å²) in [6.07, 6.45) is 0. The highest BCUT2D eigenvalue weighted by Gasteiger charge is 2.12. The second-order valence-corrected chi connectivity index (χ2v) is 3.96. The second-order valence-electron chi connectivity index (χ2n) is 3.10. The van der Waals surface area contributed by atoms with Crippen molar-refractivity contribution in [1.29, 1.82) is 0 Å². The lowest BCUT2D eigenvalue weighted by atomic mass is 10.0. The molecule has 0 atom stereocenters. The molecule has 1 saturated heterocycles. The zero-order chi connectivity index (χ0) is 9.10. The Morgan fingerprint density at radius 1 is 1.31 bits per heavy atom. The lowest BCUT2D eigenvalue weighted by molar-refractivity contribution is 0.432. The summed E-state index contributed by atoms with van der Waals surface area (Å²) in [5.41, 5.74) is 1.08. The van der Waals surface area contributed by atoms with E-state index in [-0.39, 0.29) is 0 Å². The third kappa shape index (κ3) is 2.12. The minimum absolute atomic E-state index is 0.548. The van der Waals surface area contributed by atoms with Crippen molar-refractivity contribution in [2.45, 2.75) is 0 Å². The molecule has 1 aliphatic heterocycles. The van der Waals surface area contributed by atoms with E-state index >= 15 is 0 Å². The van der Waals surface area contributed by atoms with Crippen molar-refractivity contribution in [1.82, 2.24) is 5.32 Å². The molecule has 66 valence electrons. The van der Waals surface area contributed by atoms with E-state index in [0.717, 1.165) is 23.1 Å². The third-order valence-corrected chi connectivity index (χ3v) is 2.76. The molecule has 0 spiro atoms. The maximum Gasteiger partial charge on any atom is 0.0456 e. The SMILES string of the molecule is Brc1ccccc1C#CC1CNC1. The van der Waals surface area contributed by atoms with Gasteiger partial charge >= 0.3 is 0 Å². The minimum Gasteiger partial charge on any atom is -0.314 e. The van der Waals surface area contributed by atoms with E-state index in [0.29, 0.717) is 5.92 Å². The molecule has 1 nitrogen and oxygen atoms in total. The predicted octanol–water partition coefficient (Wildman–Crippen LogP) is 2.02. The summed E-state index contributed by atoms with van der Waals surface area (Å²) in [5.74, 6) is 6.96. The highest BCUT2D eigenvalue weighted by Crippen LogP contribution is 2.14. The predicted molar refractivity (Wildman–Crippen MR) is 57.4 cm³/mol. The molecular formula is C11H10BrN. The van der Waals surface area contributed by atoms with Crippen LogP contribution in [0, 0.1) is 17.8 Å². The van der Waals surface area contributed by atoms with Crippen molar-refractivity contribution < 1.29 is 0 Å². The third-order valence-electron chi connectivity index (χ3n) is 2.07. The van der Waals surface area contributed by atoms with Crippen LogP contribution in [-0.4, -0.2) is 13.1 Å². The van der Waals surface area contributed by atoms with E-state index in [2.05, 4.69) is 33.1 Å². The molecule has 0 amide bonds. The van der Waals surface area contributed by atoms with Gasteiger partial charge in [-0.25, -0.2) is 0 Å². The summed E-state index contributed by atoms with van der Waals surface area (Å²) in [5, 5.41) is 3.20. The lowest BCUT2D eigenvalue weighted by Gasteiger charge is -2.21. The summed E-state index contributed by atoms with van der Waals surface area (Å²) < 4.78 is 1.08. The summed E-state index contributed by atoms with van der Waals surface area (Å²) in [7, 11) is 0. The first-order chi connectivity index (χ1) is 6.36. The molecule has 1 aliphatic rings. The molecule has 13 heavy (non-hydrogen) atoms. The Labute approximate surface area is 86.7 Å². The van der Waals surface area contributed by atoms with Crippen LogP contribution in [0.25, 0.3) is 0 Å². The largest absolute Gasteiger partial charge is 0.314 e. The van der Waals surface area contributed by atoms with Gasteiger partial charge < -0.3 is 5.32 Å². The van der Waals surface area contributed by atoms with Crippen LogP contribution >= 0.6 is 15.9 Å². The lowest BCUT2D eigenvalue weighted by Crippen LogP contribution is -2.40. The van der Waals surface area contributed by atoms with Gasteiger partial charge in [0.25, 0.3) is 0 Å². The van der Waals surface area contributed by atoms with E-state index in [4.69, 9.17) is 0 Å². The number of hydrogen-bond donors (Lipinski definition) is 1. The zero-order valence-corrected chi connectivity index (χ0v) is 8.76. The molecule has 0 saturated carbocycles. The molecule has 2 rings (SSSR count). The van der Waals surface area contributed by atoms with Gasteiger partial charge in [-0.3, -0.25) is 0 Å². The summed E-state index contributed by atoms with van der Waals surface area (Å²) in [6, 6.07) is 8.06. The van der Waals surface area contributed by atoms with Gasteiger partial charge in [-0.15, -0.1) is 0 Å². The summed E-state index contributed by atoms with van der Waals surface area (Å²) in [6.45, 7) is 2.08. The van der Waals surface area contributed by atoms with E-state index in [1.54, 1.807) is 0 Å². The van der Waals surface area contributed by atoms with Crippen LogP contribution in [0.4, 0.5) is 0 Å². The molecule has 2 heteroatoms. The first kappa shape index (κ1) is 8.80. The molecule has 0 aromatic heterocycles. The molecule has 1 fully saturated rings. The number of rotatable bonds is 0. The highest BCUT2D eigenvalue weighted by atomic mass is 79.9. The molecule has 0 radical (unpaired) electrons. The number of hydrogen-bond acceptors (Lipinski definition) is 1. The maximum atomic E-state index is 3.47. The molecule has 0 unspecified atom stereocenters. The monoisotopic (exact) mass is 235 g/mol. The van der Waals surface area contributed by atoms with Crippen molar-refractivity contribution in [3.8, 4) is 11.8 Å². The van der Waals surface area contributed by atoms with Gasteiger partial charge in [-0.2, -0.15) is 0 Å². The van der Waals surface area contributed by atoms with Crippen LogP contribution < -0.4 is 5.32 Å². The van der Waals surface area contributed by atoms with Gasteiger partial charge in [0.15, 0.2) is 0 Å². The van der Waals surface area contributed by atoms with Gasteiger partial charge in [0.05, 0.1) is 0 Å². The maximum absolute atomic E-state index is 3.47. The summed E-state index contributed by atoms with van der Waals surface area (Å²) in [4.78, 5) is 0. The van der Waals surface area contributed by atoms with E-state index in [1.807, 2.05) is 24.3 Å². The first-order valence-corrected chi connectivity index (χ1v) is 5.12. The normalized spacial score (nSPS) is 15.8. The Morgan fingerprint density at radius 2 is 2.08 bits per heavy atom. The molecule has 0 bridgehead atoms. The zero-order valence-electron chi connectivity index (χ0n) is 7.18. The highest BCUT2D eigenvalue weighted by molar-refractivity contribution is 9.10. The number of nitrogens with one attached hydrogen (secondary N) is 1. The smallest absolute Gasteiger partial charge is 0.0456 e. The number of halogens is 1. The Hall–Kier alpha value is -0.780. The van der Waals surface area contributed by atoms with Gasteiger partial charge in [-0.1, -0.05) is 24.0 Å². The molecule has 1 aromatic rings. The van der Waals surface area contributed by atoms with Crippen molar-refractivity contribution in [3.05, 3.63) is 34.3 Å². The van der Waals surface area contributed by atoms with Crippen molar-refractivity contribution >= 4 is 15.9 Å². The quantitative estimate of drug-likeness (QED) is 0.679. The minimum atomic E-state index is 0.548. The van der Waals surface area contributed by atoms with Gasteiger partial charge in [-0.05, 0) is 28.1 Å². The molecular weight excluding hydrogens is 226 g/mol. The Bertz CT molecular complexity index is 358. The summed E-state index contributed by atoms with van der Waals surface area (Å²) >= 11 is 3.47. The van der Waals surface area contributed by atoms with Crippen molar-refractivity contribution in [3.63, 3.8) is 0 Å². The number of benzene rings is 1. The van der Waals surface area contributed by atoms with Gasteiger partial charge in [0.1, 0.15) is 0 Å². The fraction of sp³-hybridized carbons (Fsp3) is 0.273. The second kappa shape index (κ2) is 3.95. The van der Waals surface area contributed by atoms with Crippen LogP contribution in [0.15, 0.2) is 28.7 Å². The Balaban J connectivity index is 2.14. The molecule has 1 heterocycles. The molecule has 0 aliphatic carbocycles. The average Bonchev–Trinajstić information content (AvgIpc) is 2.05. The Kier molecular flexibility index (Phi) is 2.68. The fourth-order valence-electron chi connectivity index (χ4n) is 1.13. The van der Waals surface area contributed by atoms with E-state index in [1.165, 1.54) is 0 Å². The van der Waals surface area contributed by atoms with Crippen molar-refractivity contribution in [2.24, 2.45) is 5.92 Å². The Morgan fingerprint density at radius 3 is 2.69 bits per heavy atom. The van der Waals surface area contributed by atoms with Crippen LogP contribution in [0.3, 0.4) is 0 Å². The van der Waals surface area contributed by atoms with Crippen molar-refractivity contribution in [2.75, 3.05) is 13.1 Å². The van der Waals surface area contributed by atoms with Crippen LogP contribution in [0.2, 0.25) is 0 Å². The average molecular weight is 236 g/mol. The van der Waals surface area contributed by atoms with E-state index < -0.39 is 0 Å². The van der Waals surface area contributed by atoms with E-state index in [9.17, 15) is 0 Å². The van der Waals surface area contributed by atoms with Crippen LogP contribution in [0.1, 0.15) is 5.56 Å². The topological polar surface area (TPSA) is 12.0 Å². The van der Waals surface area contributed by atoms with Gasteiger partial charge in [0, 0.05) is 29.0 Å².